The lowest BCUT2D eigenvalue weighted by molar-refractivity contribution is 0.0593. The zero-order valence-corrected chi connectivity index (χ0v) is 10.8. The van der Waals surface area contributed by atoms with E-state index in [1.54, 1.807) is 6.20 Å². The third kappa shape index (κ3) is 2.43. The van der Waals surface area contributed by atoms with Crippen molar-refractivity contribution in [3.05, 3.63) is 18.1 Å². The molecule has 2 unspecified atom stereocenters. The monoisotopic (exact) mass is 251 g/mol. The summed E-state index contributed by atoms with van der Waals surface area (Å²) in [6.07, 6.45) is 4.13. The predicted octanol–water partition coefficient (Wildman–Crippen LogP) is 0.877. The summed E-state index contributed by atoms with van der Waals surface area (Å²) in [6.45, 7) is 2.78. The molecule has 18 heavy (non-hydrogen) atoms. The number of rotatable bonds is 3. The van der Waals surface area contributed by atoms with E-state index in [-0.39, 0.29) is 17.8 Å². The fourth-order valence-corrected chi connectivity index (χ4v) is 2.13. The predicted molar refractivity (Wildman–Crippen MR) is 65.6 cm³/mol. The van der Waals surface area contributed by atoms with Crippen molar-refractivity contribution in [2.75, 3.05) is 25.7 Å². The fraction of sp³-hybridized carbons (Fsp3) is 0.583. The normalized spacial score (nSPS) is 22.8. The number of hydrogen-bond donors (Lipinski definition) is 0. The van der Waals surface area contributed by atoms with Crippen molar-refractivity contribution in [1.29, 1.82) is 0 Å². The van der Waals surface area contributed by atoms with Gasteiger partial charge in [-0.3, -0.25) is 4.98 Å². The summed E-state index contributed by atoms with van der Waals surface area (Å²) < 4.78 is 10.2. The third-order valence-corrected chi connectivity index (χ3v) is 3.21. The van der Waals surface area contributed by atoms with Crippen LogP contribution in [0.3, 0.4) is 0 Å². The van der Waals surface area contributed by atoms with Crippen LogP contribution in [0.25, 0.3) is 0 Å². The molecule has 6 nitrogen and oxygen atoms in total. The fourth-order valence-electron chi connectivity index (χ4n) is 2.13. The maximum atomic E-state index is 11.4. The van der Waals surface area contributed by atoms with E-state index < -0.39 is 5.97 Å². The number of carbonyl (C=O) groups excluding carboxylic acids is 1. The van der Waals surface area contributed by atoms with Crippen molar-refractivity contribution in [3.8, 4) is 0 Å². The van der Waals surface area contributed by atoms with Gasteiger partial charge < -0.3 is 14.4 Å². The van der Waals surface area contributed by atoms with Gasteiger partial charge in [-0.15, -0.1) is 0 Å². The minimum atomic E-state index is -0.478. The summed E-state index contributed by atoms with van der Waals surface area (Å²) in [5.41, 5.74) is 0.216. The number of ether oxygens (including phenoxy) is 2. The highest BCUT2D eigenvalue weighted by Gasteiger charge is 2.29. The number of methoxy groups -OCH3 is 1. The van der Waals surface area contributed by atoms with Crippen LogP contribution in [0, 0.1) is 0 Å². The lowest BCUT2D eigenvalue weighted by Gasteiger charge is -2.27. The molecule has 1 aliphatic rings. The number of esters is 1. The van der Waals surface area contributed by atoms with Gasteiger partial charge in [0.15, 0.2) is 5.69 Å². The van der Waals surface area contributed by atoms with Crippen LogP contribution in [0.5, 0.6) is 0 Å². The van der Waals surface area contributed by atoms with E-state index in [1.807, 2.05) is 18.9 Å². The second-order valence-electron chi connectivity index (χ2n) is 4.30. The molecule has 1 aromatic rings. The molecule has 0 aromatic carbocycles. The van der Waals surface area contributed by atoms with Gasteiger partial charge in [0, 0.05) is 13.7 Å². The summed E-state index contributed by atoms with van der Waals surface area (Å²) in [5, 5.41) is 0. The van der Waals surface area contributed by atoms with Gasteiger partial charge in [0.2, 0.25) is 0 Å². The van der Waals surface area contributed by atoms with Crippen LogP contribution in [0.4, 0.5) is 5.82 Å². The van der Waals surface area contributed by atoms with Crippen LogP contribution in [0.2, 0.25) is 0 Å². The van der Waals surface area contributed by atoms with Crippen molar-refractivity contribution in [2.24, 2.45) is 0 Å². The largest absolute Gasteiger partial charge is 0.464 e. The Morgan fingerprint density at radius 3 is 2.94 bits per heavy atom. The molecule has 0 aliphatic carbocycles. The molecular formula is C12H17N3O3. The first-order chi connectivity index (χ1) is 8.63. The van der Waals surface area contributed by atoms with E-state index in [9.17, 15) is 4.79 Å². The summed E-state index contributed by atoms with van der Waals surface area (Å²) in [4.78, 5) is 21.7. The number of carbonyl (C=O) groups is 1. The van der Waals surface area contributed by atoms with Gasteiger partial charge >= 0.3 is 5.97 Å². The highest BCUT2D eigenvalue weighted by atomic mass is 16.5. The lowest BCUT2D eigenvalue weighted by Crippen LogP contribution is -2.37. The molecule has 1 aromatic heterocycles. The zero-order chi connectivity index (χ0) is 13.1. The molecular weight excluding hydrogens is 234 g/mol. The number of hydrogen-bond acceptors (Lipinski definition) is 6. The maximum Gasteiger partial charge on any atom is 0.358 e. The first kappa shape index (κ1) is 12.8. The first-order valence-corrected chi connectivity index (χ1v) is 5.88. The molecule has 6 heteroatoms. The number of nitrogens with zero attached hydrogens (tertiary/aromatic N) is 3. The van der Waals surface area contributed by atoms with Gasteiger partial charge in [0.1, 0.15) is 5.82 Å². The van der Waals surface area contributed by atoms with Crippen LogP contribution in [0.1, 0.15) is 23.8 Å². The summed E-state index contributed by atoms with van der Waals surface area (Å²) in [7, 11) is 3.26. The second kappa shape index (κ2) is 5.30. The Kier molecular flexibility index (Phi) is 3.76. The van der Waals surface area contributed by atoms with E-state index in [4.69, 9.17) is 4.74 Å². The third-order valence-electron chi connectivity index (χ3n) is 3.21. The summed E-state index contributed by atoms with van der Waals surface area (Å²) in [5.74, 6) is 0.175. The topological polar surface area (TPSA) is 64.5 Å². The molecule has 2 heterocycles. The van der Waals surface area contributed by atoms with Crippen LogP contribution in [-0.2, 0) is 9.47 Å². The molecule has 0 radical (unpaired) electrons. The number of likely N-dealkylation sites (N-methyl/N-ethyl adjacent to an activating group) is 1. The van der Waals surface area contributed by atoms with Gasteiger partial charge in [-0.1, -0.05) is 0 Å². The number of aromatic nitrogens is 2. The minimum absolute atomic E-state index is 0.151. The molecule has 2 atom stereocenters. The smallest absolute Gasteiger partial charge is 0.358 e. The van der Waals surface area contributed by atoms with Crippen molar-refractivity contribution in [2.45, 2.75) is 25.5 Å². The van der Waals surface area contributed by atoms with Crippen LogP contribution >= 0.6 is 0 Å². The molecule has 0 amide bonds. The average Bonchev–Trinajstić information content (AvgIpc) is 2.83. The van der Waals surface area contributed by atoms with Gasteiger partial charge in [-0.2, -0.15) is 0 Å². The highest BCUT2D eigenvalue weighted by molar-refractivity contribution is 5.87. The molecule has 2 rings (SSSR count). The Balaban J connectivity index is 2.19. The maximum absolute atomic E-state index is 11.4. The SMILES string of the molecule is COC(=O)c1cncc(N(C)C2CCOC2C)n1. The highest BCUT2D eigenvalue weighted by Crippen LogP contribution is 2.22. The van der Waals surface area contributed by atoms with Crippen molar-refractivity contribution in [1.82, 2.24) is 9.97 Å². The Hall–Kier alpha value is -1.69. The molecule has 0 spiro atoms. The summed E-state index contributed by atoms with van der Waals surface area (Å²) >= 11 is 0. The van der Waals surface area contributed by atoms with Crippen LogP contribution in [0.15, 0.2) is 12.4 Å². The Bertz CT molecular complexity index is 438. The molecule has 0 N–H and O–H groups in total. The zero-order valence-electron chi connectivity index (χ0n) is 10.8. The average molecular weight is 251 g/mol. The van der Waals surface area contributed by atoms with E-state index in [1.165, 1.54) is 13.3 Å². The molecule has 1 aliphatic heterocycles. The van der Waals surface area contributed by atoms with Crippen LogP contribution in [-0.4, -0.2) is 48.8 Å². The lowest BCUT2D eigenvalue weighted by atomic mass is 10.1. The molecule has 1 saturated heterocycles. The van der Waals surface area contributed by atoms with E-state index in [2.05, 4.69) is 14.7 Å². The second-order valence-corrected chi connectivity index (χ2v) is 4.30. The van der Waals surface area contributed by atoms with Gasteiger partial charge in [0.05, 0.1) is 31.6 Å². The Labute approximate surface area is 106 Å². The van der Waals surface area contributed by atoms with Gasteiger partial charge in [0.25, 0.3) is 0 Å². The first-order valence-electron chi connectivity index (χ1n) is 5.88. The van der Waals surface area contributed by atoms with E-state index >= 15 is 0 Å². The Morgan fingerprint density at radius 1 is 1.56 bits per heavy atom. The van der Waals surface area contributed by atoms with Crippen LogP contribution < -0.4 is 4.90 Å². The Morgan fingerprint density at radius 2 is 2.33 bits per heavy atom. The van der Waals surface area contributed by atoms with Crippen molar-refractivity contribution >= 4 is 11.8 Å². The van der Waals surface area contributed by atoms with Crippen molar-refractivity contribution < 1.29 is 14.3 Å². The molecule has 1 fully saturated rings. The molecule has 98 valence electrons. The molecule has 0 bridgehead atoms. The van der Waals surface area contributed by atoms with Gasteiger partial charge in [-0.25, -0.2) is 9.78 Å². The standard InChI is InChI=1S/C12H17N3O3/c1-8-10(4-5-18-8)15(2)11-7-13-6-9(14-11)12(16)17-3/h6-8,10H,4-5H2,1-3H3. The van der Waals surface area contributed by atoms with Crippen molar-refractivity contribution in [3.63, 3.8) is 0 Å². The van der Waals surface area contributed by atoms with E-state index in [0.29, 0.717) is 5.82 Å². The minimum Gasteiger partial charge on any atom is -0.464 e. The van der Waals surface area contributed by atoms with Gasteiger partial charge in [-0.05, 0) is 13.3 Å². The quantitative estimate of drug-likeness (QED) is 0.743. The number of anilines is 1. The molecule has 0 saturated carbocycles. The van der Waals surface area contributed by atoms with E-state index in [0.717, 1.165) is 13.0 Å². The summed E-state index contributed by atoms with van der Waals surface area (Å²) in [6, 6.07) is 0.257.